The van der Waals surface area contributed by atoms with Gasteiger partial charge in [-0.3, -0.25) is 0 Å². The number of hydrogen-bond acceptors (Lipinski definition) is 6. The number of fused-ring (bicyclic) bond motifs is 1. The van der Waals surface area contributed by atoms with Crippen LogP contribution in [0.1, 0.15) is 29.7 Å². The van der Waals surface area contributed by atoms with Crippen molar-refractivity contribution in [2.24, 2.45) is 0 Å². The molecule has 0 saturated carbocycles. The molecule has 31 heavy (non-hydrogen) atoms. The molecular weight excluding hydrogens is 439 g/mol. The summed E-state index contributed by atoms with van der Waals surface area (Å²) in [7, 11) is 0. The van der Waals surface area contributed by atoms with Crippen LogP contribution in [0.25, 0.3) is 0 Å². The van der Waals surface area contributed by atoms with Gasteiger partial charge in [-0.1, -0.05) is 29.3 Å². The minimum Gasteiger partial charge on any atom is -0.394 e. The van der Waals surface area contributed by atoms with Gasteiger partial charge in [0.05, 0.1) is 34.9 Å². The van der Waals surface area contributed by atoms with Crippen molar-refractivity contribution in [1.82, 2.24) is 25.5 Å². The van der Waals surface area contributed by atoms with Gasteiger partial charge in [-0.25, -0.2) is 14.8 Å². The topological polar surface area (TPSA) is 102 Å². The smallest absolute Gasteiger partial charge is 0.318 e. The normalized spacial score (nSPS) is 21.5. The molecule has 2 aliphatic rings. The zero-order chi connectivity index (χ0) is 22.0. The Kier molecular flexibility index (Phi) is 6.81. The molecular formula is C21H26Cl2N6O2. The van der Waals surface area contributed by atoms with Crippen molar-refractivity contribution in [3.63, 3.8) is 0 Å². The molecule has 1 aromatic heterocycles. The van der Waals surface area contributed by atoms with Gasteiger partial charge < -0.3 is 26.0 Å². The summed E-state index contributed by atoms with van der Waals surface area (Å²) in [6.45, 7) is 4.32. The number of amides is 2. The van der Waals surface area contributed by atoms with Gasteiger partial charge in [0.2, 0.25) is 5.95 Å². The minimum atomic E-state index is -0.144. The second kappa shape index (κ2) is 9.56. The molecule has 10 heteroatoms. The first kappa shape index (κ1) is 22.1. The predicted octanol–water partition coefficient (Wildman–Crippen LogP) is 2.40. The van der Waals surface area contributed by atoms with Crippen molar-refractivity contribution >= 4 is 35.2 Å². The number of carbonyl (C=O) groups excluding carboxylic acids is 1. The molecule has 2 amide bonds. The molecule has 2 aliphatic heterocycles. The Hall–Kier alpha value is -2.13. The molecule has 3 atom stereocenters. The van der Waals surface area contributed by atoms with Crippen molar-refractivity contribution in [3.05, 3.63) is 51.3 Å². The SMILES string of the molecule is C[C@@H](CO)Nc1ncc2c(n1)CN(C(=O)N[C@@H]1CNC[C@H]1c1ccc(Cl)c(Cl)c1)CC2. The molecule has 0 radical (unpaired) electrons. The lowest BCUT2D eigenvalue weighted by atomic mass is 9.94. The predicted molar refractivity (Wildman–Crippen MR) is 121 cm³/mol. The first-order chi connectivity index (χ1) is 14.9. The monoisotopic (exact) mass is 464 g/mol. The Morgan fingerprint density at radius 3 is 2.97 bits per heavy atom. The highest BCUT2D eigenvalue weighted by atomic mass is 35.5. The maximum atomic E-state index is 13.0. The summed E-state index contributed by atoms with van der Waals surface area (Å²) in [6, 6.07) is 5.33. The number of aliphatic hydroxyl groups is 1. The zero-order valence-corrected chi connectivity index (χ0v) is 18.7. The molecule has 0 unspecified atom stereocenters. The van der Waals surface area contributed by atoms with Crippen molar-refractivity contribution in [2.75, 3.05) is 31.6 Å². The van der Waals surface area contributed by atoms with Crippen LogP contribution >= 0.6 is 23.2 Å². The van der Waals surface area contributed by atoms with Crippen LogP contribution in [0.5, 0.6) is 0 Å². The van der Waals surface area contributed by atoms with E-state index in [1.807, 2.05) is 19.1 Å². The Morgan fingerprint density at radius 2 is 2.19 bits per heavy atom. The molecule has 1 aromatic carbocycles. The number of anilines is 1. The van der Waals surface area contributed by atoms with E-state index in [2.05, 4.69) is 25.9 Å². The maximum absolute atomic E-state index is 13.0. The largest absolute Gasteiger partial charge is 0.394 e. The Morgan fingerprint density at radius 1 is 1.35 bits per heavy atom. The Labute approximate surface area is 191 Å². The molecule has 3 heterocycles. The summed E-state index contributed by atoms with van der Waals surface area (Å²) in [6.07, 6.45) is 2.50. The molecule has 1 fully saturated rings. The Balaban J connectivity index is 1.42. The van der Waals surface area contributed by atoms with Crippen LogP contribution in [-0.4, -0.2) is 64.3 Å². The van der Waals surface area contributed by atoms with Crippen LogP contribution in [0, 0.1) is 0 Å². The van der Waals surface area contributed by atoms with Crippen LogP contribution in [-0.2, 0) is 13.0 Å². The van der Waals surface area contributed by atoms with Gasteiger partial charge in [0.25, 0.3) is 0 Å². The van der Waals surface area contributed by atoms with E-state index in [0.717, 1.165) is 23.4 Å². The van der Waals surface area contributed by atoms with E-state index in [9.17, 15) is 9.90 Å². The molecule has 1 saturated heterocycles. The number of benzene rings is 1. The number of carbonyl (C=O) groups is 1. The fourth-order valence-corrected chi connectivity index (χ4v) is 4.29. The summed E-state index contributed by atoms with van der Waals surface area (Å²) in [4.78, 5) is 23.7. The highest BCUT2D eigenvalue weighted by Gasteiger charge is 2.32. The number of hydrogen-bond donors (Lipinski definition) is 4. The molecule has 8 nitrogen and oxygen atoms in total. The van der Waals surface area contributed by atoms with Gasteiger partial charge in [0.15, 0.2) is 0 Å². The lowest BCUT2D eigenvalue weighted by Gasteiger charge is -2.30. The van der Waals surface area contributed by atoms with Crippen LogP contribution in [0.15, 0.2) is 24.4 Å². The van der Waals surface area contributed by atoms with Crippen molar-refractivity contribution in [1.29, 1.82) is 0 Å². The summed E-state index contributed by atoms with van der Waals surface area (Å²) in [5, 5.41) is 19.8. The van der Waals surface area contributed by atoms with Gasteiger partial charge in [-0.2, -0.15) is 0 Å². The van der Waals surface area contributed by atoms with E-state index in [4.69, 9.17) is 23.2 Å². The van der Waals surface area contributed by atoms with Crippen molar-refractivity contribution in [3.8, 4) is 0 Å². The fourth-order valence-electron chi connectivity index (χ4n) is 3.99. The Bertz CT molecular complexity index is 959. The highest BCUT2D eigenvalue weighted by molar-refractivity contribution is 6.42. The number of halogens is 2. The molecule has 0 aliphatic carbocycles. The van der Waals surface area contributed by atoms with E-state index in [1.54, 1.807) is 17.2 Å². The third kappa shape index (κ3) is 5.03. The molecule has 166 valence electrons. The van der Waals surface area contributed by atoms with Gasteiger partial charge in [-0.15, -0.1) is 0 Å². The molecule has 4 N–H and O–H groups in total. The van der Waals surface area contributed by atoms with Gasteiger partial charge in [0.1, 0.15) is 0 Å². The quantitative estimate of drug-likeness (QED) is 0.541. The summed E-state index contributed by atoms with van der Waals surface area (Å²) >= 11 is 12.2. The molecule has 4 rings (SSSR count). The maximum Gasteiger partial charge on any atom is 0.318 e. The lowest BCUT2D eigenvalue weighted by Crippen LogP contribution is -2.48. The second-order valence-corrected chi connectivity index (χ2v) is 8.87. The fraction of sp³-hybridized carbons (Fsp3) is 0.476. The van der Waals surface area contributed by atoms with Gasteiger partial charge >= 0.3 is 6.03 Å². The van der Waals surface area contributed by atoms with E-state index in [1.165, 1.54) is 0 Å². The van der Waals surface area contributed by atoms with E-state index in [0.29, 0.717) is 42.0 Å². The average molecular weight is 465 g/mol. The van der Waals surface area contributed by atoms with Crippen LogP contribution in [0.3, 0.4) is 0 Å². The van der Waals surface area contributed by atoms with E-state index in [-0.39, 0.29) is 30.6 Å². The first-order valence-electron chi connectivity index (χ1n) is 10.4. The number of nitrogens with zero attached hydrogens (tertiary/aromatic N) is 3. The molecule has 0 bridgehead atoms. The van der Waals surface area contributed by atoms with E-state index >= 15 is 0 Å². The highest BCUT2D eigenvalue weighted by Crippen LogP contribution is 2.30. The minimum absolute atomic E-state index is 0.00953. The summed E-state index contributed by atoms with van der Waals surface area (Å²) in [5.41, 5.74) is 2.92. The molecule has 2 aromatic rings. The summed E-state index contributed by atoms with van der Waals surface area (Å²) < 4.78 is 0. The van der Waals surface area contributed by atoms with Crippen molar-refractivity contribution < 1.29 is 9.90 Å². The zero-order valence-electron chi connectivity index (χ0n) is 17.2. The number of aliphatic hydroxyl groups excluding tert-OH is 1. The van der Waals surface area contributed by atoms with Crippen molar-refractivity contribution in [2.45, 2.75) is 37.9 Å². The second-order valence-electron chi connectivity index (χ2n) is 8.06. The lowest BCUT2D eigenvalue weighted by molar-refractivity contribution is 0.187. The average Bonchev–Trinajstić information content (AvgIpc) is 3.23. The third-order valence-corrected chi connectivity index (χ3v) is 6.52. The third-order valence-electron chi connectivity index (χ3n) is 5.78. The number of aromatic nitrogens is 2. The summed E-state index contributed by atoms with van der Waals surface area (Å²) in [5.74, 6) is 0.580. The number of nitrogens with one attached hydrogen (secondary N) is 3. The van der Waals surface area contributed by atoms with Crippen LogP contribution in [0.2, 0.25) is 10.0 Å². The first-order valence-corrected chi connectivity index (χ1v) is 11.1. The van der Waals surface area contributed by atoms with E-state index < -0.39 is 0 Å². The standard InChI is InChI=1S/C21H26Cl2N6O2/c1-12(11-30)26-20-25-7-14-4-5-29(10-19(14)27-20)21(31)28-18-9-24-8-15(18)13-2-3-16(22)17(23)6-13/h2-3,6-7,12,15,18,24,30H,4-5,8-11H2,1H3,(H,28,31)(H,25,26,27)/t12-,15-,18+/m0/s1. The van der Waals surface area contributed by atoms with Gasteiger partial charge in [0, 0.05) is 37.8 Å². The number of rotatable bonds is 5. The van der Waals surface area contributed by atoms with Crippen LogP contribution < -0.4 is 16.0 Å². The molecule has 0 spiro atoms. The van der Waals surface area contributed by atoms with Gasteiger partial charge in [-0.05, 0) is 36.6 Å². The van der Waals surface area contributed by atoms with Crippen LogP contribution in [0.4, 0.5) is 10.7 Å². The number of urea groups is 1.